The molecule has 0 saturated carbocycles. The molecule has 27 heavy (non-hydrogen) atoms. The molecular weight excluding hydrogens is 344 g/mol. The number of hydrogen-bond acceptors (Lipinski definition) is 6. The van der Waals surface area contributed by atoms with E-state index >= 15 is 0 Å². The number of hydrogen-bond donors (Lipinski definition) is 0. The summed E-state index contributed by atoms with van der Waals surface area (Å²) in [6.07, 6.45) is 2.75. The number of rotatable bonds is 4. The van der Waals surface area contributed by atoms with Crippen molar-refractivity contribution in [3.63, 3.8) is 0 Å². The van der Waals surface area contributed by atoms with Gasteiger partial charge in [0.05, 0.1) is 7.11 Å². The Hall–Kier alpha value is -4.10. The van der Waals surface area contributed by atoms with E-state index in [9.17, 15) is 4.79 Å². The lowest BCUT2D eigenvalue weighted by molar-refractivity contribution is 0.373. The van der Waals surface area contributed by atoms with Crippen LogP contribution in [0.2, 0.25) is 0 Å². The van der Waals surface area contributed by atoms with Gasteiger partial charge < -0.3 is 9.47 Å². The summed E-state index contributed by atoms with van der Waals surface area (Å²) in [5.74, 6) is 0.803. The van der Waals surface area contributed by atoms with E-state index in [4.69, 9.17) is 20.0 Å². The van der Waals surface area contributed by atoms with E-state index in [1.54, 1.807) is 48.7 Å². The molecule has 0 unspecified atom stereocenters. The summed E-state index contributed by atoms with van der Waals surface area (Å²) in [5.41, 5.74) is 0.515. The number of benzene rings is 1. The third-order valence-electron chi connectivity index (χ3n) is 3.85. The van der Waals surface area contributed by atoms with Gasteiger partial charge in [-0.25, -0.2) is 0 Å². The molecular formula is C20H14N4O3. The van der Waals surface area contributed by atoms with Gasteiger partial charge in [0.25, 0.3) is 5.56 Å². The summed E-state index contributed by atoms with van der Waals surface area (Å²) in [5, 5.41) is 18.1. The average molecular weight is 358 g/mol. The monoisotopic (exact) mass is 358 g/mol. The summed E-state index contributed by atoms with van der Waals surface area (Å²) < 4.78 is 12.5. The van der Waals surface area contributed by atoms with Crippen LogP contribution in [-0.4, -0.2) is 16.5 Å². The predicted octanol–water partition coefficient (Wildman–Crippen LogP) is 3.23. The molecule has 7 heteroatoms. The molecule has 0 bridgehead atoms. The van der Waals surface area contributed by atoms with Crippen LogP contribution in [0.5, 0.6) is 17.4 Å². The number of allylic oxidation sites excluding steroid dienone is 1. The van der Waals surface area contributed by atoms with Gasteiger partial charge in [-0.3, -0.25) is 9.20 Å². The van der Waals surface area contributed by atoms with Crippen LogP contribution >= 0.6 is 0 Å². The van der Waals surface area contributed by atoms with Crippen molar-refractivity contribution in [2.45, 2.75) is 6.92 Å². The van der Waals surface area contributed by atoms with Crippen LogP contribution in [0, 0.1) is 29.6 Å². The third-order valence-corrected chi connectivity index (χ3v) is 3.85. The second-order valence-corrected chi connectivity index (χ2v) is 5.56. The summed E-state index contributed by atoms with van der Waals surface area (Å²) in [4.78, 5) is 17.4. The summed E-state index contributed by atoms with van der Waals surface area (Å²) in [6.45, 7) is 1.82. The molecule has 2 heterocycles. The molecule has 3 rings (SSSR count). The Balaban J connectivity index is 2.31. The number of nitriles is 2. The molecule has 0 amide bonds. The van der Waals surface area contributed by atoms with Crippen LogP contribution in [0.25, 0.3) is 11.7 Å². The van der Waals surface area contributed by atoms with Gasteiger partial charge in [-0.2, -0.15) is 15.5 Å². The first-order chi connectivity index (χ1) is 13.1. The Morgan fingerprint density at radius 1 is 1.15 bits per heavy atom. The predicted molar refractivity (Wildman–Crippen MR) is 98.5 cm³/mol. The lowest BCUT2D eigenvalue weighted by Crippen LogP contribution is -2.19. The first kappa shape index (κ1) is 17.7. The van der Waals surface area contributed by atoms with Crippen molar-refractivity contribution in [2.75, 3.05) is 7.11 Å². The van der Waals surface area contributed by atoms with Crippen LogP contribution < -0.4 is 15.0 Å². The highest BCUT2D eigenvalue weighted by atomic mass is 16.5. The highest BCUT2D eigenvalue weighted by molar-refractivity contribution is 5.67. The third kappa shape index (κ3) is 3.35. The van der Waals surface area contributed by atoms with Crippen molar-refractivity contribution < 1.29 is 9.47 Å². The summed E-state index contributed by atoms with van der Waals surface area (Å²) in [6, 6.07) is 13.9. The van der Waals surface area contributed by atoms with Crippen LogP contribution in [-0.2, 0) is 0 Å². The number of methoxy groups -OCH3 is 1. The van der Waals surface area contributed by atoms with Crippen molar-refractivity contribution in [2.24, 2.45) is 0 Å². The van der Waals surface area contributed by atoms with Gasteiger partial charge in [0.1, 0.15) is 28.9 Å². The average Bonchev–Trinajstić information content (AvgIpc) is 2.69. The molecule has 0 N–H and O–H groups in total. The Morgan fingerprint density at radius 2 is 1.85 bits per heavy atom. The summed E-state index contributed by atoms with van der Waals surface area (Å²) >= 11 is 0. The molecule has 132 valence electrons. The fourth-order valence-electron chi connectivity index (χ4n) is 2.53. The van der Waals surface area contributed by atoms with E-state index in [1.807, 2.05) is 13.0 Å². The zero-order valence-corrected chi connectivity index (χ0v) is 14.6. The van der Waals surface area contributed by atoms with Crippen LogP contribution in [0.1, 0.15) is 11.1 Å². The van der Waals surface area contributed by atoms with Gasteiger partial charge >= 0.3 is 0 Å². The largest absolute Gasteiger partial charge is 0.493 e. The van der Waals surface area contributed by atoms with Gasteiger partial charge in [0, 0.05) is 6.20 Å². The van der Waals surface area contributed by atoms with Gasteiger partial charge in [-0.05, 0) is 36.8 Å². The van der Waals surface area contributed by atoms with Crippen molar-refractivity contribution in [3.8, 4) is 29.5 Å². The first-order valence-corrected chi connectivity index (χ1v) is 7.93. The summed E-state index contributed by atoms with van der Waals surface area (Å²) in [7, 11) is 1.50. The molecule has 7 nitrogen and oxygen atoms in total. The number of ether oxygens (including phenoxy) is 2. The van der Waals surface area contributed by atoms with Crippen LogP contribution in [0.4, 0.5) is 0 Å². The SMILES string of the molecule is COc1ccccc1Oc1nc2c(C)cccn2c(=O)c1C=C(C#N)C#N. The van der Waals surface area contributed by atoms with Crippen molar-refractivity contribution in [1.29, 1.82) is 10.5 Å². The molecule has 2 aromatic heterocycles. The standard InChI is InChI=1S/C20H14N4O3/c1-13-6-5-9-24-18(13)23-19(15(20(24)25)10-14(11-21)12-22)27-17-8-4-3-7-16(17)26-2/h3-10H,1-2H3. The zero-order chi connectivity index (χ0) is 19.4. The number of fused-ring (bicyclic) bond motifs is 1. The van der Waals surface area contributed by atoms with Crippen LogP contribution in [0.3, 0.4) is 0 Å². The van der Waals surface area contributed by atoms with Crippen molar-refractivity contribution >= 4 is 11.7 Å². The lowest BCUT2D eigenvalue weighted by Gasteiger charge is -2.13. The van der Waals surface area contributed by atoms with Gasteiger partial charge in [-0.15, -0.1) is 0 Å². The number of nitrogens with zero attached hydrogens (tertiary/aromatic N) is 4. The lowest BCUT2D eigenvalue weighted by atomic mass is 10.2. The van der Waals surface area contributed by atoms with E-state index in [0.29, 0.717) is 17.1 Å². The van der Waals surface area contributed by atoms with Crippen molar-refractivity contribution in [3.05, 3.63) is 69.6 Å². The van der Waals surface area contributed by atoms with Crippen LogP contribution in [0.15, 0.2) is 53.0 Å². The van der Waals surface area contributed by atoms with Gasteiger partial charge in [0.2, 0.25) is 5.88 Å². The first-order valence-electron chi connectivity index (χ1n) is 7.93. The van der Waals surface area contributed by atoms with Gasteiger partial charge in [-0.1, -0.05) is 18.2 Å². The highest BCUT2D eigenvalue weighted by Gasteiger charge is 2.17. The molecule has 0 aliphatic rings. The Labute approximate surface area is 155 Å². The molecule has 3 aromatic rings. The van der Waals surface area contributed by atoms with E-state index in [1.165, 1.54) is 17.6 Å². The minimum atomic E-state index is -0.448. The molecule has 0 radical (unpaired) electrons. The maximum absolute atomic E-state index is 13.0. The van der Waals surface area contributed by atoms with Gasteiger partial charge in [0.15, 0.2) is 11.5 Å². The maximum atomic E-state index is 13.0. The zero-order valence-electron chi connectivity index (χ0n) is 14.6. The number of pyridine rings is 1. The molecule has 0 saturated heterocycles. The molecule has 0 aliphatic heterocycles. The maximum Gasteiger partial charge on any atom is 0.269 e. The topological polar surface area (TPSA) is 100 Å². The molecule has 1 aromatic carbocycles. The molecule has 0 atom stereocenters. The Kier molecular flexibility index (Phi) is 4.87. The minimum absolute atomic E-state index is 0.00195. The second kappa shape index (κ2) is 7.42. The normalized spacial score (nSPS) is 9.93. The van der Waals surface area contributed by atoms with E-state index in [0.717, 1.165) is 5.56 Å². The second-order valence-electron chi connectivity index (χ2n) is 5.56. The van der Waals surface area contributed by atoms with Crippen molar-refractivity contribution in [1.82, 2.24) is 9.38 Å². The number of para-hydroxylation sites is 2. The Morgan fingerprint density at radius 3 is 2.52 bits per heavy atom. The fraction of sp³-hybridized carbons (Fsp3) is 0.100. The number of aryl methyl sites for hydroxylation is 1. The van der Waals surface area contributed by atoms with E-state index in [2.05, 4.69) is 4.98 Å². The van der Waals surface area contributed by atoms with E-state index < -0.39 is 5.56 Å². The minimum Gasteiger partial charge on any atom is -0.493 e. The quantitative estimate of drug-likeness (QED) is 0.664. The molecule has 0 spiro atoms. The Bertz CT molecular complexity index is 1180. The highest BCUT2D eigenvalue weighted by Crippen LogP contribution is 2.31. The molecule has 0 aliphatic carbocycles. The number of aromatic nitrogens is 2. The molecule has 0 fully saturated rings. The van der Waals surface area contributed by atoms with E-state index in [-0.39, 0.29) is 17.0 Å². The smallest absolute Gasteiger partial charge is 0.269 e. The fourth-order valence-corrected chi connectivity index (χ4v) is 2.53.